The maximum atomic E-state index is 12.5. The third-order valence-corrected chi connectivity index (χ3v) is 5.70. The third kappa shape index (κ3) is 7.46. The van der Waals surface area contributed by atoms with Gasteiger partial charge in [0.25, 0.3) is 0 Å². The summed E-state index contributed by atoms with van der Waals surface area (Å²) in [6, 6.07) is 7.89. The van der Waals surface area contributed by atoms with Crippen molar-refractivity contribution >= 4 is 24.0 Å². The molecule has 1 aromatic rings. The van der Waals surface area contributed by atoms with Crippen LogP contribution in [0.1, 0.15) is 69.7 Å². The first-order valence-electron chi connectivity index (χ1n) is 11.6. The molecule has 0 radical (unpaired) electrons. The number of carboxylic acid groups (broad SMARTS) is 1. The molecule has 34 heavy (non-hydrogen) atoms. The van der Waals surface area contributed by atoms with E-state index in [-0.39, 0.29) is 24.0 Å². The van der Waals surface area contributed by atoms with Crippen LogP contribution < -0.4 is 0 Å². The lowest BCUT2D eigenvalue weighted by Gasteiger charge is -2.34. The molecule has 1 amide bonds. The predicted molar refractivity (Wildman–Crippen MR) is 123 cm³/mol. The highest BCUT2D eigenvalue weighted by Crippen LogP contribution is 2.28. The average molecular weight is 478 g/mol. The second-order valence-corrected chi connectivity index (χ2v) is 9.56. The first-order valence-corrected chi connectivity index (χ1v) is 11.6. The summed E-state index contributed by atoms with van der Waals surface area (Å²) in [5.74, 6) is -3.37. The zero-order chi connectivity index (χ0) is 25.4. The van der Waals surface area contributed by atoms with Gasteiger partial charge in [0.05, 0.1) is 12.7 Å². The van der Waals surface area contributed by atoms with Gasteiger partial charge in [-0.25, -0.2) is 19.2 Å². The lowest BCUT2D eigenvalue weighted by Crippen LogP contribution is -2.51. The number of ether oxygens (including phenoxy) is 3. The van der Waals surface area contributed by atoms with E-state index in [2.05, 4.69) is 4.74 Å². The molecule has 188 valence electrons. The first-order chi connectivity index (χ1) is 16.0. The van der Waals surface area contributed by atoms with Crippen LogP contribution in [0.5, 0.6) is 0 Å². The number of aliphatic carboxylic acids is 1. The van der Waals surface area contributed by atoms with E-state index >= 15 is 0 Å². The first kappa shape index (κ1) is 27.1. The van der Waals surface area contributed by atoms with Gasteiger partial charge in [-0.1, -0.05) is 24.6 Å². The van der Waals surface area contributed by atoms with Crippen LogP contribution in [-0.2, 0) is 23.8 Å². The highest BCUT2D eigenvalue weighted by Gasteiger charge is 2.51. The number of hydrogen-bond acceptors (Lipinski definition) is 7. The van der Waals surface area contributed by atoms with Crippen molar-refractivity contribution in [3.05, 3.63) is 35.9 Å². The standard InChI is InChI=1S/C25H35NO8/c1-24(2,3)34-23(31)26-16-10-12-18(17-26)11-8-9-15-25(21(28)29,22(30)32-4)33-20(27)19-13-6-5-7-14-19/h5-7,13-14,18H,8-12,15-17H2,1-4H3,(H,28,29)/t18?,25-/m0/s1. The predicted octanol–water partition coefficient (Wildman–Crippen LogP) is 4.05. The molecule has 1 heterocycles. The normalized spacial score (nSPS) is 17.9. The van der Waals surface area contributed by atoms with Gasteiger partial charge in [0.2, 0.25) is 0 Å². The molecule has 1 unspecified atom stereocenters. The minimum atomic E-state index is -2.42. The molecule has 1 aromatic carbocycles. The van der Waals surface area contributed by atoms with Crippen LogP contribution in [0.25, 0.3) is 0 Å². The molecule has 0 aliphatic carbocycles. The SMILES string of the molecule is COC(=O)[C@@](CCCCC1CCCN(C(=O)OC(C)(C)C)C1)(OC(=O)c1ccccc1)C(=O)O. The van der Waals surface area contributed by atoms with E-state index in [4.69, 9.17) is 9.47 Å². The molecule has 1 aliphatic rings. The fourth-order valence-corrected chi connectivity index (χ4v) is 3.99. The number of hydrogen-bond donors (Lipinski definition) is 1. The van der Waals surface area contributed by atoms with Gasteiger partial charge in [-0.15, -0.1) is 0 Å². The summed E-state index contributed by atoms with van der Waals surface area (Å²) in [6.45, 7) is 6.69. The molecule has 9 nitrogen and oxygen atoms in total. The minimum Gasteiger partial charge on any atom is -0.478 e. The van der Waals surface area contributed by atoms with E-state index in [9.17, 15) is 24.3 Å². The number of amides is 1. The van der Waals surface area contributed by atoms with Crippen LogP contribution in [-0.4, -0.2) is 65.4 Å². The summed E-state index contributed by atoms with van der Waals surface area (Å²) < 4.78 is 15.4. The molecular weight excluding hydrogens is 442 g/mol. The van der Waals surface area contributed by atoms with Crippen LogP contribution >= 0.6 is 0 Å². The summed E-state index contributed by atoms with van der Waals surface area (Å²) in [4.78, 5) is 51.1. The van der Waals surface area contributed by atoms with E-state index in [0.717, 1.165) is 26.4 Å². The Morgan fingerprint density at radius 1 is 1.06 bits per heavy atom. The summed E-state index contributed by atoms with van der Waals surface area (Å²) in [6.07, 6.45) is 2.93. The van der Waals surface area contributed by atoms with Crippen molar-refractivity contribution in [2.45, 2.75) is 70.5 Å². The molecule has 0 saturated carbocycles. The van der Waals surface area contributed by atoms with Gasteiger partial charge < -0.3 is 24.2 Å². The quantitative estimate of drug-likeness (QED) is 0.245. The minimum absolute atomic E-state index is 0.140. The molecular formula is C25H35NO8. The van der Waals surface area contributed by atoms with Gasteiger partial charge in [0.15, 0.2) is 0 Å². The fraction of sp³-hybridized carbons (Fsp3) is 0.600. The summed E-state index contributed by atoms with van der Waals surface area (Å²) in [5, 5.41) is 9.82. The smallest absolute Gasteiger partial charge is 0.410 e. The second kappa shape index (κ2) is 11.9. The fourth-order valence-electron chi connectivity index (χ4n) is 3.99. The molecule has 0 spiro atoms. The number of carboxylic acids is 1. The average Bonchev–Trinajstić information content (AvgIpc) is 2.79. The molecule has 0 aromatic heterocycles. The summed E-state index contributed by atoms with van der Waals surface area (Å²) >= 11 is 0. The van der Waals surface area contributed by atoms with Crippen molar-refractivity contribution in [2.24, 2.45) is 5.92 Å². The molecule has 1 fully saturated rings. The lowest BCUT2D eigenvalue weighted by molar-refractivity contribution is -0.179. The molecule has 1 N–H and O–H groups in total. The van der Waals surface area contributed by atoms with Crippen molar-refractivity contribution in [2.75, 3.05) is 20.2 Å². The van der Waals surface area contributed by atoms with Gasteiger partial charge in [0.1, 0.15) is 5.60 Å². The second-order valence-electron chi connectivity index (χ2n) is 9.56. The number of esters is 2. The van der Waals surface area contributed by atoms with Crippen molar-refractivity contribution in [1.29, 1.82) is 0 Å². The maximum Gasteiger partial charge on any atom is 0.410 e. The zero-order valence-corrected chi connectivity index (χ0v) is 20.4. The number of rotatable bonds is 9. The number of likely N-dealkylation sites (tertiary alicyclic amines) is 1. The molecule has 0 bridgehead atoms. The van der Waals surface area contributed by atoms with E-state index in [1.165, 1.54) is 12.1 Å². The van der Waals surface area contributed by atoms with Crippen LogP contribution in [0.4, 0.5) is 4.79 Å². The molecule has 9 heteroatoms. The monoisotopic (exact) mass is 477 g/mol. The molecule has 1 aliphatic heterocycles. The maximum absolute atomic E-state index is 12.5. The number of carbonyl (C=O) groups is 4. The van der Waals surface area contributed by atoms with Crippen molar-refractivity contribution < 1.29 is 38.5 Å². The number of carbonyl (C=O) groups excluding carboxylic acids is 3. The van der Waals surface area contributed by atoms with E-state index in [0.29, 0.717) is 25.9 Å². The van der Waals surface area contributed by atoms with Gasteiger partial charge in [0, 0.05) is 19.5 Å². The van der Waals surface area contributed by atoms with E-state index in [1.807, 2.05) is 20.8 Å². The Kier molecular flexibility index (Phi) is 9.46. The number of unbranched alkanes of at least 4 members (excludes halogenated alkanes) is 1. The van der Waals surface area contributed by atoms with Crippen LogP contribution in [0, 0.1) is 5.92 Å². The third-order valence-electron chi connectivity index (χ3n) is 5.70. The lowest BCUT2D eigenvalue weighted by atomic mass is 9.90. The molecule has 2 rings (SSSR count). The van der Waals surface area contributed by atoms with Crippen molar-refractivity contribution in [3.63, 3.8) is 0 Å². The van der Waals surface area contributed by atoms with Gasteiger partial charge in [-0.2, -0.15) is 0 Å². The van der Waals surface area contributed by atoms with Crippen LogP contribution in [0.3, 0.4) is 0 Å². The van der Waals surface area contributed by atoms with Crippen molar-refractivity contribution in [1.82, 2.24) is 4.90 Å². The molecule has 1 saturated heterocycles. The Morgan fingerprint density at radius 3 is 2.32 bits per heavy atom. The number of methoxy groups -OCH3 is 1. The largest absolute Gasteiger partial charge is 0.478 e. The van der Waals surface area contributed by atoms with Crippen LogP contribution in [0.15, 0.2) is 30.3 Å². The zero-order valence-electron chi connectivity index (χ0n) is 20.4. The summed E-state index contributed by atoms with van der Waals surface area (Å²) in [5.41, 5.74) is -2.84. The Hall–Kier alpha value is -3.10. The van der Waals surface area contributed by atoms with Gasteiger partial charge in [-0.3, -0.25) is 0 Å². The number of piperidine rings is 1. The number of nitrogens with zero attached hydrogens (tertiary/aromatic N) is 1. The number of benzene rings is 1. The highest BCUT2D eigenvalue weighted by atomic mass is 16.6. The summed E-state index contributed by atoms with van der Waals surface area (Å²) in [7, 11) is 1.06. The Labute approximate surface area is 200 Å². The van der Waals surface area contributed by atoms with Crippen molar-refractivity contribution in [3.8, 4) is 0 Å². The van der Waals surface area contributed by atoms with E-state index < -0.39 is 29.1 Å². The molecule has 2 atom stereocenters. The highest BCUT2D eigenvalue weighted by molar-refractivity contribution is 6.05. The van der Waals surface area contributed by atoms with Gasteiger partial charge in [-0.05, 0) is 64.5 Å². The van der Waals surface area contributed by atoms with E-state index in [1.54, 1.807) is 23.1 Å². The van der Waals surface area contributed by atoms with Crippen LogP contribution in [0.2, 0.25) is 0 Å². The Bertz CT molecular complexity index is 863. The Morgan fingerprint density at radius 2 is 1.74 bits per heavy atom. The topological polar surface area (TPSA) is 119 Å². The van der Waals surface area contributed by atoms with Gasteiger partial charge >= 0.3 is 29.6 Å². The Balaban J connectivity index is 1.97.